The molecule has 0 atom stereocenters. The van der Waals surface area contributed by atoms with Gasteiger partial charge < -0.3 is 0 Å². The fraction of sp³-hybridized carbons (Fsp3) is 0.684. The molecule has 0 aliphatic rings. The molecule has 0 aliphatic carbocycles. The van der Waals surface area contributed by atoms with Crippen LogP contribution in [0.5, 0.6) is 0 Å². The van der Waals surface area contributed by atoms with Gasteiger partial charge in [0.05, 0.1) is 0 Å². The Hall–Kier alpha value is -0.780. The van der Waals surface area contributed by atoms with Gasteiger partial charge in [-0.2, -0.15) is 0 Å². The van der Waals surface area contributed by atoms with Crippen molar-refractivity contribution in [3.8, 4) is 0 Å². The normalized spacial score (nSPS) is 10.2. The van der Waals surface area contributed by atoms with Gasteiger partial charge in [0, 0.05) is 0 Å². The van der Waals surface area contributed by atoms with Crippen LogP contribution in [0.2, 0.25) is 0 Å². The monoisotopic (exact) mass is 262 g/mol. The molecule has 0 aliphatic heterocycles. The van der Waals surface area contributed by atoms with Crippen LogP contribution >= 0.6 is 0 Å². The Morgan fingerprint density at radius 3 is 1.63 bits per heavy atom. The summed E-state index contributed by atoms with van der Waals surface area (Å²) in [6.45, 7) is 2.28. The number of benzene rings is 1. The van der Waals surface area contributed by atoms with Crippen molar-refractivity contribution in [2.75, 3.05) is 0 Å². The summed E-state index contributed by atoms with van der Waals surface area (Å²) in [6, 6.07) is 10.9. The highest BCUT2D eigenvalue weighted by molar-refractivity contribution is 5.14. The lowest BCUT2D eigenvalue weighted by atomic mass is 10.0. The van der Waals surface area contributed by atoms with Gasteiger partial charge in [-0.25, -0.2) is 0 Å². The summed E-state index contributed by atoms with van der Waals surface area (Å²) in [4.78, 5) is 0. The first-order chi connectivity index (χ1) is 8.93. The molecule has 0 saturated heterocycles. The van der Waals surface area contributed by atoms with Crippen molar-refractivity contribution in [3.63, 3.8) is 0 Å². The summed E-state index contributed by atoms with van der Waals surface area (Å²) in [7, 11) is 0. The minimum Gasteiger partial charge on any atom is -0.0776 e. The summed E-state index contributed by atoms with van der Waals surface area (Å²) >= 11 is 0. The van der Waals surface area contributed by atoms with Crippen LogP contribution in [0, 0.1) is 0 Å². The zero-order valence-corrected chi connectivity index (χ0v) is 12.2. The van der Waals surface area contributed by atoms with Crippen molar-refractivity contribution in [2.24, 2.45) is 0 Å². The van der Waals surface area contributed by atoms with Crippen molar-refractivity contribution in [2.45, 2.75) is 85.0 Å². The van der Waals surface area contributed by atoms with Crippen LogP contribution in [0.4, 0.5) is 0 Å². The molecule has 1 aromatic rings. The minimum absolute atomic E-state index is 0. The first-order valence-electron chi connectivity index (χ1n) is 7.97. The molecule has 0 fully saturated rings. The van der Waals surface area contributed by atoms with Gasteiger partial charge in [0.2, 0.25) is 0 Å². The lowest BCUT2D eigenvalue weighted by Gasteiger charge is -2.03. The highest BCUT2D eigenvalue weighted by atomic mass is 14.0. The van der Waals surface area contributed by atoms with E-state index in [9.17, 15) is 0 Å². The first kappa shape index (κ1) is 18.2. The fourth-order valence-corrected chi connectivity index (χ4v) is 2.46. The Morgan fingerprint density at radius 2 is 1.11 bits per heavy atom. The Bertz CT molecular complexity index is 263. The molecule has 0 spiro atoms. The smallest absolute Gasteiger partial charge is 0.0279 e. The molecule has 0 nitrogen and oxygen atoms in total. The molecule has 0 aromatic heterocycles. The lowest BCUT2D eigenvalue weighted by Crippen LogP contribution is -1.86. The number of hydrogen-bond donors (Lipinski definition) is 0. The first-order valence-corrected chi connectivity index (χ1v) is 7.97. The molecule has 0 amide bonds. The van der Waals surface area contributed by atoms with E-state index in [1.807, 2.05) is 0 Å². The summed E-state index contributed by atoms with van der Waals surface area (Å²) in [5, 5.41) is 0. The van der Waals surface area contributed by atoms with E-state index in [2.05, 4.69) is 37.3 Å². The van der Waals surface area contributed by atoms with Crippen molar-refractivity contribution in [1.82, 2.24) is 0 Å². The molecule has 0 radical (unpaired) electrons. The van der Waals surface area contributed by atoms with E-state index in [0.717, 1.165) is 0 Å². The molecule has 1 aromatic carbocycles. The predicted molar refractivity (Wildman–Crippen MR) is 88.7 cm³/mol. The molecule has 0 unspecified atom stereocenters. The Balaban J connectivity index is 0.00000324. The van der Waals surface area contributed by atoms with Gasteiger partial charge in [0.25, 0.3) is 0 Å². The third kappa shape index (κ3) is 10.8. The van der Waals surface area contributed by atoms with Gasteiger partial charge in [-0.05, 0) is 18.4 Å². The van der Waals surface area contributed by atoms with Gasteiger partial charge in [0.1, 0.15) is 0 Å². The van der Waals surface area contributed by atoms with Crippen LogP contribution in [0.1, 0.15) is 84.1 Å². The summed E-state index contributed by atoms with van der Waals surface area (Å²) in [6.07, 6.45) is 15.5. The summed E-state index contributed by atoms with van der Waals surface area (Å²) < 4.78 is 0. The predicted octanol–water partition coefficient (Wildman–Crippen LogP) is 6.79. The van der Waals surface area contributed by atoms with Crippen molar-refractivity contribution in [3.05, 3.63) is 35.9 Å². The van der Waals surface area contributed by atoms with Gasteiger partial charge in [-0.3, -0.25) is 0 Å². The van der Waals surface area contributed by atoms with Crippen molar-refractivity contribution in [1.29, 1.82) is 0 Å². The zero-order chi connectivity index (χ0) is 12.9. The second-order valence-electron chi connectivity index (χ2n) is 5.42. The number of rotatable bonds is 11. The quantitative estimate of drug-likeness (QED) is 0.385. The second kappa shape index (κ2) is 13.6. The summed E-state index contributed by atoms with van der Waals surface area (Å²) in [5.74, 6) is 0. The van der Waals surface area contributed by atoms with E-state index in [0.29, 0.717) is 0 Å². The van der Waals surface area contributed by atoms with E-state index < -0.39 is 0 Å². The van der Waals surface area contributed by atoms with Crippen LogP contribution in [0.3, 0.4) is 0 Å². The van der Waals surface area contributed by atoms with E-state index in [-0.39, 0.29) is 7.43 Å². The van der Waals surface area contributed by atoms with Crippen molar-refractivity contribution >= 4 is 0 Å². The molecular weight excluding hydrogens is 228 g/mol. The summed E-state index contributed by atoms with van der Waals surface area (Å²) in [5.41, 5.74) is 1.50. The van der Waals surface area contributed by atoms with Gasteiger partial charge in [0.15, 0.2) is 0 Å². The largest absolute Gasteiger partial charge is 0.0776 e. The maximum absolute atomic E-state index is 2.28. The standard InChI is InChI=1S/C18H30.CH4/c1-2-3-4-5-6-7-8-9-10-12-15-18-16-13-11-14-17-18;/h11,13-14,16-17H,2-10,12,15H2,1H3;1H4. The van der Waals surface area contributed by atoms with Crippen LogP contribution in [0.25, 0.3) is 0 Å². The van der Waals surface area contributed by atoms with Gasteiger partial charge in [-0.1, -0.05) is 102 Å². The second-order valence-corrected chi connectivity index (χ2v) is 5.42. The van der Waals surface area contributed by atoms with Crippen LogP contribution in [-0.4, -0.2) is 0 Å². The zero-order valence-electron chi connectivity index (χ0n) is 12.2. The Kier molecular flexibility index (Phi) is 13.1. The number of unbranched alkanes of at least 4 members (excludes halogenated alkanes) is 9. The molecule has 0 N–H and O–H groups in total. The maximum Gasteiger partial charge on any atom is -0.0279 e. The van der Waals surface area contributed by atoms with Crippen molar-refractivity contribution < 1.29 is 0 Å². The Morgan fingerprint density at radius 1 is 0.632 bits per heavy atom. The van der Waals surface area contributed by atoms with E-state index in [4.69, 9.17) is 0 Å². The van der Waals surface area contributed by atoms with Gasteiger partial charge in [-0.15, -0.1) is 0 Å². The van der Waals surface area contributed by atoms with E-state index >= 15 is 0 Å². The van der Waals surface area contributed by atoms with E-state index in [1.54, 1.807) is 0 Å². The highest BCUT2D eigenvalue weighted by Gasteiger charge is 1.94. The van der Waals surface area contributed by atoms with Crippen LogP contribution in [-0.2, 0) is 6.42 Å². The molecule has 19 heavy (non-hydrogen) atoms. The maximum atomic E-state index is 2.28. The lowest BCUT2D eigenvalue weighted by molar-refractivity contribution is 0.556. The average Bonchev–Trinajstić information content (AvgIpc) is 2.42. The third-order valence-corrected chi connectivity index (χ3v) is 3.66. The molecule has 110 valence electrons. The van der Waals surface area contributed by atoms with Gasteiger partial charge >= 0.3 is 0 Å². The molecule has 1 rings (SSSR count). The molecular formula is C19H34. The minimum atomic E-state index is 0. The third-order valence-electron chi connectivity index (χ3n) is 3.66. The van der Waals surface area contributed by atoms with E-state index in [1.165, 1.54) is 76.2 Å². The molecule has 0 bridgehead atoms. The highest BCUT2D eigenvalue weighted by Crippen LogP contribution is 2.12. The molecule has 0 heteroatoms. The van der Waals surface area contributed by atoms with Crippen LogP contribution in [0.15, 0.2) is 30.3 Å². The number of hydrogen-bond acceptors (Lipinski definition) is 0. The molecule has 0 saturated carbocycles. The topological polar surface area (TPSA) is 0 Å². The fourth-order valence-electron chi connectivity index (χ4n) is 2.46. The average molecular weight is 262 g/mol. The van der Waals surface area contributed by atoms with Crippen LogP contribution < -0.4 is 0 Å². The SMILES string of the molecule is C.CCCCCCCCCCCCc1ccccc1. The Labute approximate surface area is 121 Å². The number of aryl methyl sites for hydroxylation is 1. The molecule has 0 heterocycles.